The van der Waals surface area contributed by atoms with Crippen LogP contribution in [0.2, 0.25) is 5.02 Å². The number of nitriles is 1. The summed E-state index contributed by atoms with van der Waals surface area (Å²) >= 11 is 6.04. The van der Waals surface area contributed by atoms with Crippen LogP contribution in [0.25, 0.3) is 0 Å². The molecule has 0 radical (unpaired) electrons. The van der Waals surface area contributed by atoms with Crippen molar-refractivity contribution in [2.75, 3.05) is 19.4 Å². The molecule has 0 spiro atoms. The molecule has 2 amide bonds. The van der Waals surface area contributed by atoms with E-state index in [-0.39, 0.29) is 11.9 Å². The number of urea groups is 1. The summed E-state index contributed by atoms with van der Waals surface area (Å²) in [5.41, 5.74) is 1.37. The number of carbonyl (C=O) groups is 1. The lowest BCUT2D eigenvalue weighted by Gasteiger charge is -2.14. The van der Waals surface area contributed by atoms with Crippen LogP contribution < -0.4 is 5.32 Å². The van der Waals surface area contributed by atoms with E-state index < -0.39 is 0 Å². The van der Waals surface area contributed by atoms with Gasteiger partial charge in [-0.2, -0.15) is 5.26 Å². The predicted octanol–water partition coefficient (Wildman–Crippen LogP) is 3.06. The molecule has 4 nitrogen and oxygen atoms in total. The minimum absolute atomic E-state index is 0.217. The van der Waals surface area contributed by atoms with Crippen LogP contribution in [-0.2, 0) is 0 Å². The number of halogens is 1. The van der Waals surface area contributed by atoms with Crippen molar-refractivity contribution in [1.82, 2.24) is 4.90 Å². The molecule has 0 fully saturated rings. The van der Waals surface area contributed by atoms with Crippen molar-refractivity contribution < 1.29 is 4.79 Å². The zero-order valence-electron chi connectivity index (χ0n) is 9.99. The Bertz CT molecular complexity index is 465. The van der Waals surface area contributed by atoms with Crippen LogP contribution in [0.15, 0.2) is 18.2 Å². The molecule has 0 aromatic heterocycles. The molecule has 0 saturated heterocycles. The smallest absolute Gasteiger partial charge is 0.321 e. The van der Waals surface area contributed by atoms with Gasteiger partial charge in [0.05, 0.1) is 22.7 Å². The lowest BCUT2D eigenvalue weighted by Crippen LogP contribution is -2.27. The van der Waals surface area contributed by atoms with E-state index in [4.69, 9.17) is 16.9 Å². The maximum absolute atomic E-state index is 11.4. The predicted molar refractivity (Wildman–Crippen MR) is 68.2 cm³/mol. The number of anilines is 1. The summed E-state index contributed by atoms with van der Waals surface area (Å²) < 4.78 is 0. The van der Waals surface area contributed by atoms with Crippen LogP contribution in [0.5, 0.6) is 0 Å². The molecule has 0 aliphatic carbocycles. The fourth-order valence-electron chi connectivity index (χ4n) is 1.20. The maximum Gasteiger partial charge on any atom is 0.321 e. The number of carbonyl (C=O) groups excluding carboxylic acids is 1. The number of nitrogens with one attached hydrogen (secondary N) is 1. The summed E-state index contributed by atoms with van der Waals surface area (Å²) in [6.07, 6.45) is 0. The second-order valence-corrected chi connectivity index (χ2v) is 4.32. The molecule has 1 aromatic rings. The van der Waals surface area contributed by atoms with Crippen LogP contribution in [0.4, 0.5) is 10.5 Å². The van der Waals surface area contributed by atoms with E-state index in [1.165, 1.54) is 4.90 Å². The quantitative estimate of drug-likeness (QED) is 0.878. The third-order valence-corrected chi connectivity index (χ3v) is 2.65. The summed E-state index contributed by atoms with van der Waals surface area (Å²) in [6.45, 7) is 1.80. The third kappa shape index (κ3) is 3.36. The Morgan fingerprint density at radius 1 is 1.53 bits per heavy atom. The first-order valence-electron chi connectivity index (χ1n) is 5.13. The zero-order chi connectivity index (χ0) is 13.0. The second-order valence-electron chi connectivity index (χ2n) is 3.91. The van der Waals surface area contributed by atoms with Gasteiger partial charge in [0.2, 0.25) is 0 Å². The van der Waals surface area contributed by atoms with Crippen molar-refractivity contribution in [3.05, 3.63) is 28.8 Å². The fourth-order valence-corrected chi connectivity index (χ4v) is 1.44. The molecule has 0 bridgehead atoms. The van der Waals surface area contributed by atoms with Gasteiger partial charge in [-0.25, -0.2) is 4.79 Å². The van der Waals surface area contributed by atoms with Crippen molar-refractivity contribution in [2.45, 2.75) is 12.8 Å². The summed E-state index contributed by atoms with van der Waals surface area (Å²) in [6, 6.07) is 7.07. The first kappa shape index (κ1) is 13.3. The molecule has 1 N–H and O–H groups in total. The first-order chi connectivity index (χ1) is 7.95. The molecule has 1 rings (SSSR count). The molecule has 1 aromatic carbocycles. The average molecular weight is 252 g/mol. The van der Waals surface area contributed by atoms with Crippen LogP contribution in [0, 0.1) is 11.3 Å². The number of hydrogen-bond acceptors (Lipinski definition) is 2. The number of hydrogen-bond donors (Lipinski definition) is 1. The van der Waals surface area contributed by atoms with Gasteiger partial charge in [0, 0.05) is 14.1 Å². The van der Waals surface area contributed by atoms with Crippen LogP contribution in [0.1, 0.15) is 18.4 Å². The van der Waals surface area contributed by atoms with Gasteiger partial charge < -0.3 is 10.2 Å². The maximum atomic E-state index is 11.4. The molecule has 90 valence electrons. The van der Waals surface area contributed by atoms with Gasteiger partial charge in [0.25, 0.3) is 0 Å². The van der Waals surface area contributed by atoms with Crippen molar-refractivity contribution in [3.8, 4) is 6.07 Å². The van der Waals surface area contributed by atoms with Gasteiger partial charge in [-0.3, -0.25) is 0 Å². The molecule has 0 saturated carbocycles. The van der Waals surface area contributed by atoms with Gasteiger partial charge in [-0.15, -0.1) is 0 Å². The Labute approximate surface area is 106 Å². The first-order valence-corrected chi connectivity index (χ1v) is 5.51. The highest BCUT2D eigenvalue weighted by molar-refractivity contribution is 6.33. The van der Waals surface area contributed by atoms with Crippen LogP contribution >= 0.6 is 11.6 Å². The van der Waals surface area contributed by atoms with Crippen molar-refractivity contribution in [3.63, 3.8) is 0 Å². The highest BCUT2D eigenvalue weighted by Gasteiger charge is 2.10. The van der Waals surface area contributed by atoms with E-state index in [0.717, 1.165) is 5.56 Å². The highest BCUT2D eigenvalue weighted by atomic mass is 35.5. The zero-order valence-corrected chi connectivity index (χ0v) is 10.7. The van der Waals surface area contributed by atoms with Crippen molar-refractivity contribution in [1.29, 1.82) is 5.26 Å². The fraction of sp³-hybridized carbons (Fsp3) is 0.333. The Morgan fingerprint density at radius 2 is 2.18 bits per heavy atom. The summed E-state index contributed by atoms with van der Waals surface area (Å²) in [7, 11) is 3.30. The monoisotopic (exact) mass is 251 g/mol. The number of amides is 2. The van der Waals surface area contributed by atoms with E-state index in [1.54, 1.807) is 39.2 Å². The standard InChI is InChI=1S/C12H14ClN3O/c1-8(7-14)9-4-5-11(10(13)6-9)15-12(17)16(2)3/h4-6,8H,1-3H3,(H,15,17). The topological polar surface area (TPSA) is 56.1 Å². The molecule has 1 unspecified atom stereocenters. The number of benzene rings is 1. The largest absolute Gasteiger partial charge is 0.331 e. The third-order valence-electron chi connectivity index (χ3n) is 2.33. The molecule has 0 aliphatic heterocycles. The number of nitrogens with zero attached hydrogens (tertiary/aromatic N) is 2. The molecule has 1 atom stereocenters. The normalized spacial score (nSPS) is 11.5. The highest BCUT2D eigenvalue weighted by Crippen LogP contribution is 2.26. The lowest BCUT2D eigenvalue weighted by molar-refractivity contribution is 0.230. The Hall–Kier alpha value is -1.73. The van der Waals surface area contributed by atoms with E-state index in [1.807, 2.05) is 0 Å². The molecular weight excluding hydrogens is 238 g/mol. The van der Waals surface area contributed by atoms with Gasteiger partial charge in [0.1, 0.15) is 0 Å². The van der Waals surface area contributed by atoms with Crippen LogP contribution in [0.3, 0.4) is 0 Å². The SMILES string of the molecule is CC(C#N)c1ccc(NC(=O)N(C)C)c(Cl)c1. The van der Waals surface area contributed by atoms with E-state index >= 15 is 0 Å². The van der Waals surface area contributed by atoms with E-state index in [9.17, 15) is 4.79 Å². The average Bonchev–Trinajstić information content (AvgIpc) is 2.30. The number of rotatable bonds is 2. The summed E-state index contributed by atoms with van der Waals surface area (Å²) in [5, 5.41) is 11.9. The molecule has 0 heterocycles. The van der Waals surface area contributed by atoms with Gasteiger partial charge >= 0.3 is 6.03 Å². The minimum atomic E-state index is -0.243. The molecule has 5 heteroatoms. The molecule has 17 heavy (non-hydrogen) atoms. The van der Waals surface area contributed by atoms with E-state index in [0.29, 0.717) is 10.7 Å². The Morgan fingerprint density at radius 3 is 2.65 bits per heavy atom. The second kappa shape index (κ2) is 5.55. The molecule has 0 aliphatic rings. The minimum Gasteiger partial charge on any atom is -0.331 e. The van der Waals surface area contributed by atoms with Crippen LogP contribution in [-0.4, -0.2) is 25.0 Å². The Balaban J connectivity index is 2.91. The summed E-state index contributed by atoms with van der Waals surface area (Å²) in [4.78, 5) is 12.9. The van der Waals surface area contributed by atoms with Gasteiger partial charge in [0.15, 0.2) is 0 Å². The molecular formula is C12H14ClN3O. The Kier molecular flexibility index (Phi) is 4.36. The van der Waals surface area contributed by atoms with Crippen molar-refractivity contribution >= 4 is 23.3 Å². The van der Waals surface area contributed by atoms with Crippen molar-refractivity contribution in [2.24, 2.45) is 0 Å². The van der Waals surface area contributed by atoms with Gasteiger partial charge in [-0.05, 0) is 24.6 Å². The van der Waals surface area contributed by atoms with E-state index in [2.05, 4.69) is 11.4 Å². The lowest BCUT2D eigenvalue weighted by atomic mass is 10.0. The summed E-state index contributed by atoms with van der Waals surface area (Å²) in [5.74, 6) is -0.217. The van der Waals surface area contributed by atoms with Gasteiger partial charge in [-0.1, -0.05) is 17.7 Å².